The molecule has 1 aliphatic rings. The molecule has 2 unspecified atom stereocenters. The highest BCUT2D eigenvalue weighted by atomic mass is 35.5. The summed E-state index contributed by atoms with van der Waals surface area (Å²) in [5.74, 6) is 0. The second-order valence-electron chi connectivity index (χ2n) is 5.97. The van der Waals surface area contributed by atoms with Crippen LogP contribution in [-0.4, -0.2) is 29.6 Å². The van der Waals surface area contributed by atoms with Crippen molar-refractivity contribution in [3.05, 3.63) is 33.8 Å². The van der Waals surface area contributed by atoms with Crippen LogP contribution in [0.4, 0.5) is 0 Å². The molecule has 2 atom stereocenters. The highest BCUT2D eigenvalue weighted by Crippen LogP contribution is 2.28. The van der Waals surface area contributed by atoms with Crippen LogP contribution >= 0.6 is 23.2 Å². The average Bonchev–Trinajstić information content (AvgIpc) is 2.45. The molecule has 0 saturated carbocycles. The maximum Gasteiger partial charge on any atom is 0.0595 e. The van der Waals surface area contributed by atoms with Crippen molar-refractivity contribution < 1.29 is 0 Å². The Morgan fingerprint density at radius 2 is 2.05 bits per heavy atom. The molecule has 1 N–H and O–H groups in total. The van der Waals surface area contributed by atoms with Crippen molar-refractivity contribution in [3.63, 3.8) is 0 Å². The van der Waals surface area contributed by atoms with Crippen LogP contribution in [-0.2, 0) is 6.54 Å². The van der Waals surface area contributed by atoms with E-state index in [0.29, 0.717) is 16.1 Å². The molecule has 2 nitrogen and oxygen atoms in total. The van der Waals surface area contributed by atoms with E-state index in [9.17, 15) is 0 Å². The monoisotopic (exact) mass is 314 g/mol. The zero-order chi connectivity index (χ0) is 14.8. The Morgan fingerprint density at radius 1 is 1.30 bits per heavy atom. The number of halogens is 2. The topological polar surface area (TPSA) is 15.3 Å². The summed E-state index contributed by atoms with van der Waals surface area (Å²) >= 11 is 12.1. The maximum atomic E-state index is 6.13. The summed E-state index contributed by atoms with van der Waals surface area (Å²) in [5, 5.41) is 4.93. The van der Waals surface area contributed by atoms with E-state index in [0.717, 1.165) is 32.5 Å². The molecule has 2 rings (SSSR count). The molecule has 1 aromatic carbocycles. The van der Waals surface area contributed by atoms with E-state index in [-0.39, 0.29) is 5.54 Å². The zero-order valence-corrected chi connectivity index (χ0v) is 14.1. The third-order valence-electron chi connectivity index (χ3n) is 4.59. The van der Waals surface area contributed by atoms with Gasteiger partial charge in [-0.05, 0) is 37.5 Å². The fraction of sp³-hybridized carbons (Fsp3) is 0.625. The molecule has 0 amide bonds. The average molecular weight is 315 g/mol. The van der Waals surface area contributed by atoms with E-state index >= 15 is 0 Å². The lowest BCUT2D eigenvalue weighted by molar-refractivity contribution is 0.0408. The Labute approximate surface area is 132 Å². The molecule has 0 bridgehead atoms. The van der Waals surface area contributed by atoms with Gasteiger partial charge in [-0.2, -0.15) is 0 Å². The van der Waals surface area contributed by atoms with Crippen molar-refractivity contribution in [3.8, 4) is 0 Å². The van der Waals surface area contributed by atoms with Gasteiger partial charge in [-0.15, -0.1) is 0 Å². The second kappa shape index (κ2) is 6.65. The van der Waals surface area contributed by atoms with Gasteiger partial charge in [0.25, 0.3) is 0 Å². The summed E-state index contributed by atoms with van der Waals surface area (Å²) in [6.45, 7) is 9.90. The minimum Gasteiger partial charge on any atom is -0.311 e. The first-order chi connectivity index (χ1) is 9.48. The van der Waals surface area contributed by atoms with Crippen LogP contribution in [0.3, 0.4) is 0 Å². The lowest BCUT2D eigenvalue weighted by atomic mass is 9.91. The van der Waals surface area contributed by atoms with Crippen LogP contribution < -0.4 is 5.32 Å². The summed E-state index contributed by atoms with van der Waals surface area (Å²) in [7, 11) is 0. The molecule has 1 aliphatic heterocycles. The van der Waals surface area contributed by atoms with Crippen molar-refractivity contribution in [1.82, 2.24) is 10.2 Å². The van der Waals surface area contributed by atoms with Crippen molar-refractivity contribution in [2.45, 2.75) is 51.7 Å². The molecule has 0 radical (unpaired) electrons. The van der Waals surface area contributed by atoms with Crippen LogP contribution in [0.1, 0.15) is 39.2 Å². The lowest BCUT2D eigenvalue weighted by Gasteiger charge is -2.48. The highest BCUT2D eigenvalue weighted by molar-refractivity contribution is 6.42. The van der Waals surface area contributed by atoms with Gasteiger partial charge in [0.2, 0.25) is 0 Å². The van der Waals surface area contributed by atoms with E-state index in [1.165, 1.54) is 5.56 Å². The van der Waals surface area contributed by atoms with E-state index in [2.05, 4.69) is 37.1 Å². The smallest absolute Gasteiger partial charge is 0.0595 e. The first-order valence-corrected chi connectivity index (χ1v) is 8.16. The molecule has 112 valence electrons. The van der Waals surface area contributed by atoms with Crippen molar-refractivity contribution in [2.24, 2.45) is 0 Å². The van der Waals surface area contributed by atoms with E-state index < -0.39 is 0 Å². The minimum atomic E-state index is 0.206. The predicted octanol–water partition coefficient (Wildman–Crippen LogP) is 4.35. The summed E-state index contributed by atoms with van der Waals surface area (Å²) < 4.78 is 0. The molecule has 4 heteroatoms. The van der Waals surface area contributed by atoms with Gasteiger partial charge in [-0.3, -0.25) is 4.90 Å². The normalized spacial score (nSPS) is 27.8. The van der Waals surface area contributed by atoms with Gasteiger partial charge < -0.3 is 5.32 Å². The summed E-state index contributed by atoms with van der Waals surface area (Å²) in [6, 6.07) is 6.54. The largest absolute Gasteiger partial charge is 0.311 e. The number of benzene rings is 1. The fourth-order valence-electron chi connectivity index (χ4n) is 2.76. The molecule has 1 heterocycles. The number of nitrogens with one attached hydrogen (secondary N) is 1. The third kappa shape index (κ3) is 3.48. The number of rotatable bonds is 4. The van der Waals surface area contributed by atoms with Crippen molar-refractivity contribution >= 4 is 23.2 Å². The molecular formula is C16H24Cl2N2. The third-order valence-corrected chi connectivity index (χ3v) is 5.33. The van der Waals surface area contributed by atoms with Gasteiger partial charge >= 0.3 is 0 Å². The lowest BCUT2D eigenvalue weighted by Crippen LogP contribution is -2.62. The number of hydrogen-bond donors (Lipinski definition) is 1. The second-order valence-corrected chi connectivity index (χ2v) is 6.78. The Kier molecular flexibility index (Phi) is 5.36. The quantitative estimate of drug-likeness (QED) is 0.889. The minimum absolute atomic E-state index is 0.206. The number of piperazine rings is 1. The van der Waals surface area contributed by atoms with Crippen LogP contribution in [0.15, 0.2) is 18.2 Å². The fourth-order valence-corrected chi connectivity index (χ4v) is 3.08. The Hall–Kier alpha value is -0.280. The zero-order valence-electron chi connectivity index (χ0n) is 12.5. The molecule has 1 aromatic rings. The van der Waals surface area contributed by atoms with Gasteiger partial charge in [-0.25, -0.2) is 0 Å². The van der Waals surface area contributed by atoms with Gasteiger partial charge in [0.05, 0.1) is 10.0 Å². The molecule has 20 heavy (non-hydrogen) atoms. The van der Waals surface area contributed by atoms with Gasteiger partial charge in [-0.1, -0.05) is 43.1 Å². The standard InChI is InChI=1S/C16H24Cl2N2/c1-4-13-10-20(16(3,5-2)11-19-13)9-12-6-7-14(17)15(18)8-12/h6-8,13,19H,4-5,9-11H2,1-3H3. The molecular weight excluding hydrogens is 291 g/mol. The van der Waals surface area contributed by atoms with Crippen molar-refractivity contribution in [2.75, 3.05) is 13.1 Å². The maximum absolute atomic E-state index is 6.13. The molecule has 0 spiro atoms. The summed E-state index contributed by atoms with van der Waals surface area (Å²) in [5.41, 5.74) is 1.44. The predicted molar refractivity (Wildman–Crippen MR) is 87.6 cm³/mol. The molecule has 0 aromatic heterocycles. The Balaban J connectivity index is 2.16. The SMILES string of the molecule is CCC1CN(Cc2ccc(Cl)c(Cl)c2)C(C)(CC)CN1. The van der Waals surface area contributed by atoms with E-state index in [4.69, 9.17) is 23.2 Å². The summed E-state index contributed by atoms with van der Waals surface area (Å²) in [4.78, 5) is 2.58. The summed E-state index contributed by atoms with van der Waals surface area (Å²) in [6.07, 6.45) is 2.30. The van der Waals surface area contributed by atoms with Crippen LogP contribution in [0.5, 0.6) is 0 Å². The van der Waals surface area contributed by atoms with Gasteiger partial charge in [0, 0.05) is 31.2 Å². The van der Waals surface area contributed by atoms with Crippen LogP contribution in [0.2, 0.25) is 10.0 Å². The first-order valence-electron chi connectivity index (χ1n) is 7.41. The highest BCUT2D eigenvalue weighted by Gasteiger charge is 2.35. The van der Waals surface area contributed by atoms with E-state index in [1.54, 1.807) is 0 Å². The molecule has 0 aliphatic carbocycles. The Bertz CT molecular complexity index is 464. The van der Waals surface area contributed by atoms with Gasteiger partial charge in [0.1, 0.15) is 0 Å². The van der Waals surface area contributed by atoms with Crippen LogP contribution in [0, 0.1) is 0 Å². The molecule has 1 saturated heterocycles. The van der Waals surface area contributed by atoms with Crippen molar-refractivity contribution in [1.29, 1.82) is 0 Å². The van der Waals surface area contributed by atoms with Gasteiger partial charge in [0.15, 0.2) is 0 Å². The number of hydrogen-bond acceptors (Lipinski definition) is 2. The van der Waals surface area contributed by atoms with Crippen LogP contribution in [0.25, 0.3) is 0 Å². The molecule has 1 fully saturated rings. The Morgan fingerprint density at radius 3 is 2.65 bits per heavy atom. The first kappa shape index (κ1) is 16.1. The number of nitrogens with zero attached hydrogens (tertiary/aromatic N) is 1. The van der Waals surface area contributed by atoms with E-state index in [1.807, 2.05) is 12.1 Å².